The zero-order valence-corrected chi connectivity index (χ0v) is 14.3. The maximum atomic E-state index is 11.8. The van der Waals surface area contributed by atoms with Crippen LogP contribution in [0.1, 0.15) is 31.7 Å². The average Bonchev–Trinajstić information content (AvgIpc) is 3.19. The lowest BCUT2D eigenvalue weighted by Gasteiger charge is -2.32. The number of carbonyl (C=O) groups is 2. The van der Waals surface area contributed by atoms with Crippen LogP contribution in [0.2, 0.25) is 0 Å². The van der Waals surface area contributed by atoms with Crippen molar-refractivity contribution in [2.24, 2.45) is 0 Å². The van der Waals surface area contributed by atoms with Gasteiger partial charge in [-0.05, 0) is 19.4 Å². The van der Waals surface area contributed by atoms with E-state index in [1.54, 1.807) is 4.90 Å². The molecule has 24 heavy (non-hydrogen) atoms. The van der Waals surface area contributed by atoms with E-state index in [1.165, 1.54) is 6.92 Å². The standard InChI is InChI=1S/C16H25N5O3/c1-3-24-16(23)20-5-4-14(10-20)19-6-7-21-15(11-19)8-13(18-21)9-17-12(2)22/h8,14H,3-7,9-11H2,1-2H3,(H,17,22). The van der Waals surface area contributed by atoms with Gasteiger partial charge in [0, 0.05) is 39.1 Å². The van der Waals surface area contributed by atoms with Gasteiger partial charge in [0.1, 0.15) is 0 Å². The summed E-state index contributed by atoms with van der Waals surface area (Å²) in [6.45, 7) is 8.30. The van der Waals surface area contributed by atoms with Crippen molar-refractivity contribution in [2.45, 2.75) is 45.9 Å². The number of amides is 2. The average molecular weight is 335 g/mol. The highest BCUT2D eigenvalue weighted by molar-refractivity contribution is 5.72. The van der Waals surface area contributed by atoms with Crippen LogP contribution < -0.4 is 5.32 Å². The zero-order valence-electron chi connectivity index (χ0n) is 14.3. The highest BCUT2D eigenvalue weighted by Crippen LogP contribution is 2.22. The Morgan fingerprint density at radius 3 is 2.96 bits per heavy atom. The van der Waals surface area contributed by atoms with E-state index in [0.717, 1.165) is 50.5 Å². The topological polar surface area (TPSA) is 79.7 Å². The Labute approximate surface area is 141 Å². The van der Waals surface area contributed by atoms with Crippen molar-refractivity contribution in [3.8, 4) is 0 Å². The predicted octanol–water partition coefficient (Wildman–Crippen LogP) is 0.566. The van der Waals surface area contributed by atoms with Crippen LogP contribution in [0.5, 0.6) is 0 Å². The monoisotopic (exact) mass is 335 g/mol. The van der Waals surface area contributed by atoms with Gasteiger partial charge in [0.2, 0.25) is 5.91 Å². The van der Waals surface area contributed by atoms with Gasteiger partial charge in [-0.15, -0.1) is 0 Å². The largest absolute Gasteiger partial charge is 0.450 e. The summed E-state index contributed by atoms with van der Waals surface area (Å²) in [5.74, 6) is -0.0485. The minimum absolute atomic E-state index is 0.0485. The second-order valence-corrected chi connectivity index (χ2v) is 6.32. The van der Waals surface area contributed by atoms with Crippen LogP contribution in [0.3, 0.4) is 0 Å². The SMILES string of the molecule is CCOC(=O)N1CCC(N2CCn3nc(CNC(C)=O)cc3C2)C1. The van der Waals surface area contributed by atoms with Crippen LogP contribution in [0, 0.1) is 0 Å². The first-order valence-corrected chi connectivity index (χ1v) is 8.52. The van der Waals surface area contributed by atoms with Crippen molar-refractivity contribution in [3.05, 3.63) is 17.5 Å². The van der Waals surface area contributed by atoms with E-state index in [1.807, 2.05) is 11.6 Å². The number of hydrogen-bond donors (Lipinski definition) is 1. The van der Waals surface area contributed by atoms with Crippen LogP contribution in [-0.2, 0) is 29.2 Å². The van der Waals surface area contributed by atoms with Crippen LogP contribution >= 0.6 is 0 Å². The van der Waals surface area contributed by atoms with Gasteiger partial charge < -0.3 is 15.0 Å². The zero-order chi connectivity index (χ0) is 17.1. The molecule has 1 N–H and O–H groups in total. The van der Waals surface area contributed by atoms with Crippen molar-refractivity contribution in [2.75, 3.05) is 26.2 Å². The molecule has 3 heterocycles. The fourth-order valence-electron chi connectivity index (χ4n) is 3.38. The summed E-state index contributed by atoms with van der Waals surface area (Å²) in [6.07, 6.45) is 0.769. The number of hydrogen-bond acceptors (Lipinski definition) is 5. The molecule has 3 rings (SSSR count). The lowest BCUT2D eigenvalue weighted by molar-refractivity contribution is -0.119. The molecule has 1 atom stereocenters. The highest BCUT2D eigenvalue weighted by atomic mass is 16.6. The molecule has 0 spiro atoms. The number of nitrogens with one attached hydrogen (secondary N) is 1. The molecule has 1 unspecified atom stereocenters. The third kappa shape index (κ3) is 3.69. The second kappa shape index (κ2) is 7.21. The van der Waals surface area contributed by atoms with Gasteiger partial charge in [0.25, 0.3) is 0 Å². The molecule has 2 aliphatic rings. The second-order valence-electron chi connectivity index (χ2n) is 6.32. The van der Waals surface area contributed by atoms with E-state index in [9.17, 15) is 9.59 Å². The fraction of sp³-hybridized carbons (Fsp3) is 0.688. The van der Waals surface area contributed by atoms with E-state index in [0.29, 0.717) is 19.2 Å². The first-order chi connectivity index (χ1) is 11.6. The van der Waals surface area contributed by atoms with Gasteiger partial charge in [-0.3, -0.25) is 14.4 Å². The Balaban J connectivity index is 1.57. The van der Waals surface area contributed by atoms with Crippen molar-refractivity contribution in [1.82, 2.24) is 24.9 Å². The number of rotatable bonds is 4. The molecular formula is C16H25N5O3. The van der Waals surface area contributed by atoms with Crippen molar-refractivity contribution < 1.29 is 14.3 Å². The third-order valence-electron chi connectivity index (χ3n) is 4.60. The summed E-state index contributed by atoms with van der Waals surface area (Å²) < 4.78 is 7.11. The van der Waals surface area contributed by atoms with Gasteiger partial charge in [0.15, 0.2) is 0 Å². The summed E-state index contributed by atoms with van der Waals surface area (Å²) in [6, 6.07) is 2.43. The Bertz CT molecular complexity index is 615. The van der Waals surface area contributed by atoms with Gasteiger partial charge >= 0.3 is 6.09 Å². The molecule has 1 aromatic heterocycles. The molecule has 8 heteroatoms. The Hall–Kier alpha value is -2.09. The Morgan fingerprint density at radius 1 is 1.38 bits per heavy atom. The quantitative estimate of drug-likeness (QED) is 0.870. The van der Waals surface area contributed by atoms with Crippen LogP contribution in [0.15, 0.2) is 6.07 Å². The third-order valence-corrected chi connectivity index (χ3v) is 4.60. The first-order valence-electron chi connectivity index (χ1n) is 8.52. The molecule has 1 fully saturated rings. The van der Waals surface area contributed by atoms with E-state index in [-0.39, 0.29) is 12.0 Å². The van der Waals surface area contributed by atoms with E-state index in [4.69, 9.17) is 4.74 Å². The molecule has 0 aromatic carbocycles. The predicted molar refractivity (Wildman–Crippen MR) is 87.2 cm³/mol. The number of ether oxygens (including phenoxy) is 1. The minimum Gasteiger partial charge on any atom is -0.450 e. The molecule has 1 saturated heterocycles. The lowest BCUT2D eigenvalue weighted by atomic mass is 10.2. The highest BCUT2D eigenvalue weighted by Gasteiger charge is 2.33. The summed E-state index contributed by atoms with van der Waals surface area (Å²) in [5, 5.41) is 7.32. The number of nitrogens with zero attached hydrogens (tertiary/aromatic N) is 4. The van der Waals surface area contributed by atoms with Crippen molar-refractivity contribution in [1.29, 1.82) is 0 Å². The minimum atomic E-state index is -0.209. The van der Waals surface area contributed by atoms with Crippen LogP contribution in [-0.4, -0.2) is 63.9 Å². The van der Waals surface area contributed by atoms with Gasteiger partial charge in [-0.25, -0.2) is 4.79 Å². The van der Waals surface area contributed by atoms with Crippen molar-refractivity contribution >= 4 is 12.0 Å². The van der Waals surface area contributed by atoms with Crippen LogP contribution in [0.25, 0.3) is 0 Å². The molecule has 2 aliphatic heterocycles. The first kappa shape index (κ1) is 16.8. The molecule has 132 valence electrons. The van der Waals surface area contributed by atoms with E-state index < -0.39 is 0 Å². The number of fused-ring (bicyclic) bond motifs is 1. The van der Waals surface area contributed by atoms with Gasteiger partial charge in [0.05, 0.1) is 31.1 Å². The van der Waals surface area contributed by atoms with E-state index >= 15 is 0 Å². The summed E-state index contributed by atoms with van der Waals surface area (Å²) in [7, 11) is 0. The molecule has 0 radical (unpaired) electrons. The van der Waals surface area contributed by atoms with Gasteiger partial charge in [-0.1, -0.05) is 0 Å². The molecular weight excluding hydrogens is 310 g/mol. The number of carbonyl (C=O) groups excluding carboxylic acids is 2. The molecule has 1 aromatic rings. The fourth-order valence-corrected chi connectivity index (χ4v) is 3.38. The van der Waals surface area contributed by atoms with Gasteiger partial charge in [-0.2, -0.15) is 5.10 Å². The van der Waals surface area contributed by atoms with Crippen LogP contribution in [0.4, 0.5) is 4.79 Å². The Morgan fingerprint density at radius 2 is 2.21 bits per heavy atom. The summed E-state index contributed by atoms with van der Waals surface area (Å²) in [4.78, 5) is 27.1. The summed E-state index contributed by atoms with van der Waals surface area (Å²) >= 11 is 0. The lowest BCUT2D eigenvalue weighted by Crippen LogP contribution is -2.43. The Kier molecular flexibility index (Phi) is 5.03. The molecule has 0 aliphatic carbocycles. The molecule has 8 nitrogen and oxygen atoms in total. The normalized spacial score (nSPS) is 20.8. The maximum Gasteiger partial charge on any atom is 0.409 e. The molecule has 0 bridgehead atoms. The van der Waals surface area contributed by atoms with Crippen molar-refractivity contribution in [3.63, 3.8) is 0 Å². The maximum absolute atomic E-state index is 11.8. The number of likely N-dealkylation sites (tertiary alicyclic amines) is 1. The molecule has 0 saturated carbocycles. The smallest absolute Gasteiger partial charge is 0.409 e. The van der Waals surface area contributed by atoms with E-state index in [2.05, 4.69) is 21.4 Å². The number of aromatic nitrogens is 2. The molecule has 2 amide bonds. The summed E-state index contributed by atoms with van der Waals surface area (Å²) in [5.41, 5.74) is 2.05.